The van der Waals surface area contributed by atoms with Crippen molar-refractivity contribution >= 4 is 28.6 Å². The molecular formula is C18H14N4OS2. The standard InChI is InChI=1S/C18H14N4OS2/c23-17(19-8-13-6-7-24-11-13)16-12-25-18(21-16)14-9-20-22(10-14)15-4-2-1-3-5-15/h1-7,9-12H,8H2,(H,19,23). The number of thiazole rings is 1. The summed E-state index contributed by atoms with van der Waals surface area (Å²) in [5.41, 5.74) is 3.41. The Bertz CT molecular complexity index is 974. The molecular weight excluding hydrogens is 352 g/mol. The number of hydrogen-bond donors (Lipinski definition) is 1. The molecule has 3 aromatic heterocycles. The van der Waals surface area contributed by atoms with Crippen molar-refractivity contribution in [2.75, 3.05) is 0 Å². The number of amides is 1. The predicted molar refractivity (Wildman–Crippen MR) is 100 cm³/mol. The lowest BCUT2D eigenvalue weighted by atomic mass is 10.3. The van der Waals surface area contributed by atoms with Crippen LogP contribution >= 0.6 is 22.7 Å². The second-order valence-corrected chi connectivity index (χ2v) is 7.00. The van der Waals surface area contributed by atoms with Crippen molar-refractivity contribution in [3.63, 3.8) is 0 Å². The van der Waals surface area contributed by atoms with Crippen LogP contribution in [0.2, 0.25) is 0 Å². The zero-order chi connectivity index (χ0) is 17.1. The summed E-state index contributed by atoms with van der Waals surface area (Å²) in [6, 6.07) is 11.9. The summed E-state index contributed by atoms with van der Waals surface area (Å²) in [5.74, 6) is -0.163. The molecule has 0 saturated heterocycles. The third kappa shape index (κ3) is 3.52. The van der Waals surface area contributed by atoms with E-state index in [9.17, 15) is 4.79 Å². The minimum absolute atomic E-state index is 0.163. The van der Waals surface area contributed by atoms with E-state index < -0.39 is 0 Å². The Labute approximate surface area is 152 Å². The van der Waals surface area contributed by atoms with E-state index in [4.69, 9.17) is 0 Å². The molecule has 0 fully saturated rings. The summed E-state index contributed by atoms with van der Waals surface area (Å²) in [6.07, 6.45) is 3.68. The number of para-hydroxylation sites is 1. The van der Waals surface area contributed by atoms with Gasteiger partial charge in [0.1, 0.15) is 10.7 Å². The first-order valence-corrected chi connectivity index (χ1v) is 9.47. The van der Waals surface area contributed by atoms with Gasteiger partial charge in [-0.05, 0) is 34.5 Å². The number of hydrogen-bond acceptors (Lipinski definition) is 5. The van der Waals surface area contributed by atoms with E-state index >= 15 is 0 Å². The highest BCUT2D eigenvalue weighted by atomic mass is 32.1. The molecule has 4 rings (SSSR count). The maximum Gasteiger partial charge on any atom is 0.271 e. The van der Waals surface area contributed by atoms with Crippen LogP contribution in [0.15, 0.2) is 64.9 Å². The topological polar surface area (TPSA) is 59.8 Å². The fourth-order valence-electron chi connectivity index (χ4n) is 2.33. The molecule has 0 spiro atoms. The molecule has 25 heavy (non-hydrogen) atoms. The first-order chi connectivity index (χ1) is 12.3. The van der Waals surface area contributed by atoms with Crippen LogP contribution in [-0.4, -0.2) is 20.7 Å². The fourth-order valence-corrected chi connectivity index (χ4v) is 3.78. The molecule has 1 N–H and O–H groups in total. The zero-order valence-corrected chi connectivity index (χ0v) is 14.8. The van der Waals surface area contributed by atoms with Crippen molar-refractivity contribution in [2.45, 2.75) is 6.54 Å². The predicted octanol–water partition coefficient (Wildman–Crippen LogP) is 3.99. The van der Waals surface area contributed by atoms with Crippen molar-refractivity contribution in [2.24, 2.45) is 0 Å². The number of carbonyl (C=O) groups excluding carboxylic acids is 1. The molecule has 0 unspecified atom stereocenters. The first kappa shape index (κ1) is 15.7. The molecule has 0 aliphatic carbocycles. The van der Waals surface area contributed by atoms with Crippen molar-refractivity contribution in [3.8, 4) is 16.3 Å². The van der Waals surface area contributed by atoms with E-state index in [-0.39, 0.29) is 5.91 Å². The minimum Gasteiger partial charge on any atom is -0.347 e. The molecule has 0 atom stereocenters. The Morgan fingerprint density at radius 3 is 2.84 bits per heavy atom. The average molecular weight is 366 g/mol. The van der Waals surface area contributed by atoms with E-state index in [0.29, 0.717) is 12.2 Å². The highest BCUT2D eigenvalue weighted by Crippen LogP contribution is 2.24. The molecule has 1 amide bonds. The summed E-state index contributed by atoms with van der Waals surface area (Å²) < 4.78 is 1.80. The first-order valence-electron chi connectivity index (χ1n) is 7.65. The van der Waals surface area contributed by atoms with Gasteiger partial charge in [0.05, 0.1) is 11.9 Å². The molecule has 0 aliphatic rings. The SMILES string of the molecule is O=C(NCc1ccsc1)c1csc(-c2cnn(-c3ccccc3)c2)n1. The molecule has 7 heteroatoms. The Balaban J connectivity index is 1.48. The lowest BCUT2D eigenvalue weighted by molar-refractivity contribution is 0.0946. The van der Waals surface area contributed by atoms with Crippen LogP contribution in [-0.2, 0) is 6.54 Å². The Morgan fingerprint density at radius 2 is 2.04 bits per heavy atom. The van der Waals surface area contributed by atoms with Gasteiger partial charge in [0.15, 0.2) is 0 Å². The van der Waals surface area contributed by atoms with E-state index in [2.05, 4.69) is 15.4 Å². The van der Waals surface area contributed by atoms with Crippen LogP contribution in [0.1, 0.15) is 16.1 Å². The van der Waals surface area contributed by atoms with Gasteiger partial charge in [-0.15, -0.1) is 11.3 Å². The molecule has 0 bridgehead atoms. The summed E-state index contributed by atoms with van der Waals surface area (Å²) in [4.78, 5) is 16.7. The molecule has 4 aromatic rings. The van der Waals surface area contributed by atoms with Crippen molar-refractivity contribution < 1.29 is 4.79 Å². The molecule has 0 saturated carbocycles. The van der Waals surface area contributed by atoms with E-state index in [1.165, 1.54) is 11.3 Å². The van der Waals surface area contributed by atoms with Gasteiger partial charge >= 0.3 is 0 Å². The third-order valence-electron chi connectivity index (χ3n) is 3.62. The van der Waals surface area contributed by atoms with Gasteiger partial charge in [-0.3, -0.25) is 4.79 Å². The molecule has 1 aromatic carbocycles. The summed E-state index contributed by atoms with van der Waals surface area (Å²) in [6.45, 7) is 0.515. The third-order valence-corrected chi connectivity index (χ3v) is 5.24. The second kappa shape index (κ2) is 7.00. The average Bonchev–Trinajstić information content (AvgIpc) is 3.41. The number of nitrogens with zero attached hydrogens (tertiary/aromatic N) is 3. The monoisotopic (exact) mass is 366 g/mol. The van der Waals surface area contributed by atoms with Crippen molar-refractivity contribution in [1.82, 2.24) is 20.1 Å². The second-order valence-electron chi connectivity index (χ2n) is 5.36. The molecule has 124 valence electrons. The number of thiophene rings is 1. The van der Waals surface area contributed by atoms with Gasteiger partial charge in [0.25, 0.3) is 5.91 Å². The lowest BCUT2D eigenvalue weighted by Crippen LogP contribution is -2.22. The molecule has 5 nitrogen and oxygen atoms in total. The van der Waals surface area contributed by atoms with Crippen LogP contribution in [0.25, 0.3) is 16.3 Å². The summed E-state index contributed by atoms with van der Waals surface area (Å²) in [5, 5.41) is 13.8. The van der Waals surface area contributed by atoms with Gasteiger partial charge in [0, 0.05) is 23.7 Å². The largest absolute Gasteiger partial charge is 0.347 e. The number of benzene rings is 1. The highest BCUT2D eigenvalue weighted by Gasteiger charge is 2.13. The van der Waals surface area contributed by atoms with Crippen molar-refractivity contribution in [1.29, 1.82) is 0 Å². The highest BCUT2D eigenvalue weighted by molar-refractivity contribution is 7.13. The fraction of sp³-hybridized carbons (Fsp3) is 0.0556. The quantitative estimate of drug-likeness (QED) is 0.581. The van der Waals surface area contributed by atoms with Gasteiger partial charge in [-0.2, -0.15) is 16.4 Å². The van der Waals surface area contributed by atoms with Crippen LogP contribution < -0.4 is 5.32 Å². The number of rotatable bonds is 5. The van der Waals surface area contributed by atoms with Crippen LogP contribution in [0.5, 0.6) is 0 Å². The zero-order valence-electron chi connectivity index (χ0n) is 13.1. The van der Waals surface area contributed by atoms with Crippen LogP contribution in [0, 0.1) is 0 Å². The number of carbonyl (C=O) groups is 1. The van der Waals surface area contributed by atoms with Crippen molar-refractivity contribution in [3.05, 3.63) is 76.2 Å². The van der Waals surface area contributed by atoms with Crippen LogP contribution in [0.4, 0.5) is 0 Å². The van der Waals surface area contributed by atoms with Gasteiger partial charge in [-0.25, -0.2) is 9.67 Å². The summed E-state index contributed by atoms with van der Waals surface area (Å²) >= 11 is 3.05. The van der Waals surface area contributed by atoms with E-state index in [0.717, 1.165) is 21.8 Å². The molecule has 0 aliphatic heterocycles. The van der Waals surface area contributed by atoms with Gasteiger partial charge < -0.3 is 5.32 Å². The Kier molecular flexibility index (Phi) is 4.41. The Morgan fingerprint density at radius 1 is 1.16 bits per heavy atom. The smallest absolute Gasteiger partial charge is 0.271 e. The normalized spacial score (nSPS) is 10.7. The van der Waals surface area contributed by atoms with E-state index in [1.807, 2.05) is 53.4 Å². The summed E-state index contributed by atoms with van der Waals surface area (Å²) in [7, 11) is 0. The maximum absolute atomic E-state index is 12.2. The van der Waals surface area contributed by atoms with E-state index in [1.54, 1.807) is 27.6 Å². The minimum atomic E-state index is -0.163. The molecule has 3 heterocycles. The van der Waals surface area contributed by atoms with Gasteiger partial charge in [-0.1, -0.05) is 18.2 Å². The van der Waals surface area contributed by atoms with Gasteiger partial charge in [0.2, 0.25) is 0 Å². The molecule has 0 radical (unpaired) electrons. The maximum atomic E-state index is 12.2. The number of nitrogens with one attached hydrogen (secondary N) is 1. The lowest BCUT2D eigenvalue weighted by Gasteiger charge is -2.00. The Hall–Kier alpha value is -2.77. The van der Waals surface area contributed by atoms with Crippen LogP contribution in [0.3, 0.4) is 0 Å². The number of aromatic nitrogens is 3.